The van der Waals surface area contributed by atoms with Gasteiger partial charge in [0.25, 0.3) is 0 Å². The Morgan fingerprint density at radius 3 is 2.55 bits per heavy atom. The summed E-state index contributed by atoms with van der Waals surface area (Å²) < 4.78 is 0. The Balaban J connectivity index is 2.44. The average molecular weight is 277 g/mol. The molecule has 0 fully saturated rings. The molecule has 0 saturated heterocycles. The highest BCUT2D eigenvalue weighted by Gasteiger charge is 2.06. The van der Waals surface area contributed by atoms with Gasteiger partial charge in [0, 0.05) is 31.9 Å². The number of carbonyl (C=O) groups is 1. The van der Waals surface area contributed by atoms with E-state index in [0.29, 0.717) is 6.42 Å². The van der Waals surface area contributed by atoms with Crippen LogP contribution in [0.25, 0.3) is 0 Å². The van der Waals surface area contributed by atoms with Gasteiger partial charge in [-0.1, -0.05) is 18.9 Å². The van der Waals surface area contributed by atoms with E-state index in [1.165, 1.54) is 5.56 Å². The Labute approximate surface area is 122 Å². The summed E-state index contributed by atoms with van der Waals surface area (Å²) in [5.41, 5.74) is 8.64. The fraction of sp³-hybridized carbons (Fsp3) is 0.562. The standard InChI is InChI=1S/C16H27N3O/c1-13-9-10-14(12-15(13)19(2)3)18-16(20)8-6-4-5-7-11-17/h9-10,12H,4-8,11,17H2,1-3H3,(H,18,20). The maximum atomic E-state index is 11.9. The van der Waals surface area contributed by atoms with Gasteiger partial charge in [0.1, 0.15) is 0 Å². The second-order valence-corrected chi connectivity index (χ2v) is 5.40. The molecular weight excluding hydrogens is 250 g/mol. The van der Waals surface area contributed by atoms with E-state index in [1.807, 2.05) is 32.3 Å². The summed E-state index contributed by atoms with van der Waals surface area (Å²) in [6, 6.07) is 6.00. The van der Waals surface area contributed by atoms with Crippen LogP contribution in [0.5, 0.6) is 0 Å². The first-order valence-electron chi connectivity index (χ1n) is 7.32. The molecular formula is C16H27N3O. The molecule has 0 aromatic heterocycles. The topological polar surface area (TPSA) is 58.4 Å². The minimum Gasteiger partial charge on any atom is -0.377 e. The van der Waals surface area contributed by atoms with Crippen LogP contribution in [-0.2, 0) is 4.79 Å². The number of aryl methyl sites for hydroxylation is 1. The summed E-state index contributed by atoms with van der Waals surface area (Å²) in [5.74, 6) is 0.0892. The number of anilines is 2. The van der Waals surface area contributed by atoms with Crippen molar-refractivity contribution in [1.82, 2.24) is 0 Å². The molecule has 1 amide bonds. The number of hydrogen-bond donors (Lipinski definition) is 2. The number of unbranched alkanes of at least 4 members (excludes halogenated alkanes) is 3. The molecule has 1 aromatic carbocycles. The molecule has 20 heavy (non-hydrogen) atoms. The van der Waals surface area contributed by atoms with E-state index in [4.69, 9.17) is 5.73 Å². The van der Waals surface area contributed by atoms with E-state index in [0.717, 1.165) is 43.6 Å². The summed E-state index contributed by atoms with van der Waals surface area (Å²) in [4.78, 5) is 13.9. The third kappa shape index (κ3) is 5.61. The highest BCUT2D eigenvalue weighted by molar-refractivity contribution is 5.91. The van der Waals surface area contributed by atoms with Crippen molar-refractivity contribution in [2.75, 3.05) is 30.9 Å². The van der Waals surface area contributed by atoms with Gasteiger partial charge in [-0.25, -0.2) is 0 Å². The predicted octanol–water partition coefficient (Wildman–Crippen LogP) is 2.91. The van der Waals surface area contributed by atoms with E-state index in [9.17, 15) is 4.79 Å². The number of amides is 1. The monoisotopic (exact) mass is 277 g/mol. The lowest BCUT2D eigenvalue weighted by Gasteiger charge is -2.17. The van der Waals surface area contributed by atoms with E-state index in [-0.39, 0.29) is 5.91 Å². The summed E-state index contributed by atoms with van der Waals surface area (Å²) in [5, 5.41) is 2.97. The number of carbonyl (C=O) groups excluding carboxylic acids is 1. The van der Waals surface area contributed by atoms with E-state index in [1.54, 1.807) is 0 Å². The Kier molecular flexibility index (Phi) is 7.09. The zero-order valence-electron chi connectivity index (χ0n) is 12.9. The van der Waals surface area contributed by atoms with Crippen molar-refractivity contribution in [2.24, 2.45) is 5.73 Å². The highest BCUT2D eigenvalue weighted by Crippen LogP contribution is 2.22. The van der Waals surface area contributed by atoms with Gasteiger partial charge < -0.3 is 16.0 Å². The highest BCUT2D eigenvalue weighted by atomic mass is 16.1. The lowest BCUT2D eigenvalue weighted by molar-refractivity contribution is -0.116. The molecule has 1 rings (SSSR count). The maximum Gasteiger partial charge on any atom is 0.224 e. The van der Waals surface area contributed by atoms with Crippen LogP contribution in [0.4, 0.5) is 11.4 Å². The van der Waals surface area contributed by atoms with Crippen LogP contribution >= 0.6 is 0 Å². The predicted molar refractivity (Wildman–Crippen MR) is 86.3 cm³/mol. The summed E-state index contributed by atoms with van der Waals surface area (Å²) in [6.07, 6.45) is 4.74. The lowest BCUT2D eigenvalue weighted by Crippen LogP contribution is -2.14. The van der Waals surface area contributed by atoms with E-state index in [2.05, 4.69) is 17.1 Å². The largest absolute Gasteiger partial charge is 0.377 e. The van der Waals surface area contributed by atoms with Crippen LogP contribution in [-0.4, -0.2) is 26.5 Å². The number of nitrogens with zero attached hydrogens (tertiary/aromatic N) is 1. The molecule has 4 heteroatoms. The van der Waals surface area contributed by atoms with Crippen molar-refractivity contribution in [3.63, 3.8) is 0 Å². The first kappa shape index (κ1) is 16.5. The van der Waals surface area contributed by atoms with Crippen molar-refractivity contribution in [3.05, 3.63) is 23.8 Å². The molecule has 0 unspecified atom stereocenters. The molecule has 4 nitrogen and oxygen atoms in total. The van der Waals surface area contributed by atoms with Crippen LogP contribution in [0.15, 0.2) is 18.2 Å². The van der Waals surface area contributed by atoms with Crippen LogP contribution in [0.2, 0.25) is 0 Å². The van der Waals surface area contributed by atoms with Gasteiger partial charge in [-0.2, -0.15) is 0 Å². The van der Waals surface area contributed by atoms with Crippen LogP contribution < -0.4 is 16.0 Å². The number of nitrogens with one attached hydrogen (secondary N) is 1. The van der Waals surface area contributed by atoms with Crippen LogP contribution in [0.3, 0.4) is 0 Å². The first-order valence-corrected chi connectivity index (χ1v) is 7.32. The number of hydrogen-bond acceptors (Lipinski definition) is 3. The third-order valence-corrected chi connectivity index (χ3v) is 3.33. The molecule has 0 atom stereocenters. The van der Waals surface area contributed by atoms with Gasteiger partial charge in [-0.3, -0.25) is 4.79 Å². The van der Waals surface area contributed by atoms with Gasteiger partial charge in [-0.15, -0.1) is 0 Å². The van der Waals surface area contributed by atoms with Gasteiger partial charge in [0.2, 0.25) is 5.91 Å². The molecule has 0 aliphatic rings. The number of nitrogens with two attached hydrogens (primary N) is 1. The van der Waals surface area contributed by atoms with Crippen LogP contribution in [0.1, 0.15) is 37.7 Å². The molecule has 0 aliphatic heterocycles. The van der Waals surface area contributed by atoms with Crippen molar-refractivity contribution in [3.8, 4) is 0 Å². The molecule has 0 aliphatic carbocycles. The summed E-state index contributed by atoms with van der Waals surface area (Å²) in [7, 11) is 4.01. The van der Waals surface area contributed by atoms with Gasteiger partial charge in [0.15, 0.2) is 0 Å². The lowest BCUT2D eigenvalue weighted by atomic mass is 10.1. The summed E-state index contributed by atoms with van der Waals surface area (Å²) >= 11 is 0. The van der Waals surface area contributed by atoms with Crippen molar-refractivity contribution in [1.29, 1.82) is 0 Å². The normalized spacial score (nSPS) is 10.4. The second kappa shape index (κ2) is 8.59. The quantitative estimate of drug-likeness (QED) is 0.718. The molecule has 0 bridgehead atoms. The SMILES string of the molecule is Cc1ccc(NC(=O)CCCCCCN)cc1N(C)C. The van der Waals surface area contributed by atoms with Crippen LogP contribution in [0, 0.1) is 6.92 Å². The van der Waals surface area contributed by atoms with E-state index >= 15 is 0 Å². The zero-order valence-corrected chi connectivity index (χ0v) is 12.9. The number of benzene rings is 1. The molecule has 0 heterocycles. The molecule has 112 valence electrons. The molecule has 0 radical (unpaired) electrons. The fourth-order valence-electron chi connectivity index (χ4n) is 2.18. The Morgan fingerprint density at radius 2 is 1.90 bits per heavy atom. The Morgan fingerprint density at radius 1 is 1.20 bits per heavy atom. The minimum atomic E-state index is 0.0892. The minimum absolute atomic E-state index is 0.0892. The van der Waals surface area contributed by atoms with Gasteiger partial charge >= 0.3 is 0 Å². The Bertz CT molecular complexity index is 430. The average Bonchev–Trinajstić information content (AvgIpc) is 2.40. The summed E-state index contributed by atoms with van der Waals surface area (Å²) in [6.45, 7) is 2.81. The molecule has 0 spiro atoms. The first-order chi connectivity index (χ1) is 9.54. The van der Waals surface area contributed by atoms with Crippen molar-refractivity contribution in [2.45, 2.75) is 39.0 Å². The van der Waals surface area contributed by atoms with E-state index < -0.39 is 0 Å². The molecule has 0 saturated carbocycles. The second-order valence-electron chi connectivity index (χ2n) is 5.40. The number of rotatable bonds is 8. The smallest absolute Gasteiger partial charge is 0.224 e. The maximum absolute atomic E-state index is 11.9. The van der Waals surface area contributed by atoms with Gasteiger partial charge in [0.05, 0.1) is 0 Å². The van der Waals surface area contributed by atoms with Crippen molar-refractivity contribution < 1.29 is 4.79 Å². The molecule has 1 aromatic rings. The zero-order chi connectivity index (χ0) is 15.0. The molecule has 3 N–H and O–H groups in total. The van der Waals surface area contributed by atoms with Gasteiger partial charge in [-0.05, 0) is 44.0 Å². The van der Waals surface area contributed by atoms with Crippen molar-refractivity contribution >= 4 is 17.3 Å². The third-order valence-electron chi connectivity index (χ3n) is 3.33. The fourth-order valence-corrected chi connectivity index (χ4v) is 2.18. The Hall–Kier alpha value is -1.55.